The maximum Gasteiger partial charge on any atom is 0.228 e. The number of hydrogen-bond donors (Lipinski definition) is 2. The molecule has 2 atom stereocenters. The van der Waals surface area contributed by atoms with Gasteiger partial charge in [0, 0.05) is 12.1 Å². The van der Waals surface area contributed by atoms with Crippen molar-refractivity contribution in [1.82, 2.24) is 5.32 Å². The number of methoxy groups -OCH3 is 1. The minimum Gasteiger partial charge on any atom is -0.496 e. The van der Waals surface area contributed by atoms with E-state index in [2.05, 4.69) is 10.6 Å². The zero-order valence-corrected chi connectivity index (χ0v) is 15.5. The van der Waals surface area contributed by atoms with Gasteiger partial charge in [-0.05, 0) is 31.5 Å². The summed E-state index contributed by atoms with van der Waals surface area (Å²) >= 11 is 0. The van der Waals surface area contributed by atoms with Crippen molar-refractivity contribution in [3.63, 3.8) is 0 Å². The van der Waals surface area contributed by atoms with Crippen LogP contribution in [0.4, 0.5) is 5.69 Å². The highest BCUT2D eigenvalue weighted by Crippen LogP contribution is 2.40. The molecule has 1 fully saturated rings. The standard InChI is InChI=1S/C21H24N2O4/c1-3-27-19-11-7-5-9-17(19)23-21(25)16-12-15(16)20(24)22-13-14-8-4-6-10-18(14)26-2/h4-11,15-16H,3,12-13H2,1-2H3,(H,22,24)(H,23,25). The molecule has 2 aromatic carbocycles. The molecule has 2 aromatic rings. The van der Waals surface area contributed by atoms with Crippen molar-refractivity contribution in [2.24, 2.45) is 11.8 Å². The number of rotatable bonds is 8. The first kappa shape index (κ1) is 18.8. The largest absolute Gasteiger partial charge is 0.496 e. The predicted molar refractivity (Wildman–Crippen MR) is 103 cm³/mol. The summed E-state index contributed by atoms with van der Waals surface area (Å²) < 4.78 is 10.8. The van der Waals surface area contributed by atoms with Gasteiger partial charge in [-0.3, -0.25) is 9.59 Å². The van der Waals surface area contributed by atoms with E-state index in [0.717, 1.165) is 11.3 Å². The summed E-state index contributed by atoms with van der Waals surface area (Å²) in [6, 6.07) is 14.8. The van der Waals surface area contributed by atoms with E-state index in [0.29, 0.717) is 31.0 Å². The summed E-state index contributed by atoms with van der Waals surface area (Å²) in [6.07, 6.45) is 0.556. The zero-order chi connectivity index (χ0) is 19.2. The van der Waals surface area contributed by atoms with E-state index in [1.165, 1.54) is 0 Å². The minimum absolute atomic E-state index is 0.112. The van der Waals surface area contributed by atoms with Crippen LogP contribution in [0.25, 0.3) is 0 Å². The fourth-order valence-corrected chi connectivity index (χ4v) is 3.01. The smallest absolute Gasteiger partial charge is 0.228 e. The molecule has 2 unspecified atom stereocenters. The fraction of sp³-hybridized carbons (Fsp3) is 0.333. The number of carbonyl (C=O) groups excluding carboxylic acids is 2. The van der Waals surface area contributed by atoms with Crippen LogP contribution in [0, 0.1) is 11.8 Å². The van der Waals surface area contributed by atoms with Gasteiger partial charge in [-0.1, -0.05) is 30.3 Å². The molecule has 3 rings (SSSR count). The molecule has 2 amide bonds. The summed E-state index contributed by atoms with van der Waals surface area (Å²) in [7, 11) is 1.60. The monoisotopic (exact) mass is 368 g/mol. The molecule has 0 spiro atoms. The van der Waals surface area contributed by atoms with Crippen LogP contribution in [-0.4, -0.2) is 25.5 Å². The highest BCUT2D eigenvalue weighted by Gasteiger charge is 2.48. The third-order valence-electron chi connectivity index (χ3n) is 4.55. The third-order valence-corrected chi connectivity index (χ3v) is 4.55. The average molecular weight is 368 g/mol. The van der Waals surface area contributed by atoms with Crippen molar-refractivity contribution in [2.45, 2.75) is 19.9 Å². The Labute approximate surface area is 158 Å². The van der Waals surface area contributed by atoms with Gasteiger partial charge in [-0.2, -0.15) is 0 Å². The molecule has 6 nitrogen and oxygen atoms in total. The van der Waals surface area contributed by atoms with Gasteiger partial charge in [-0.15, -0.1) is 0 Å². The van der Waals surface area contributed by atoms with Crippen LogP contribution in [0.1, 0.15) is 18.9 Å². The molecule has 0 radical (unpaired) electrons. The Hall–Kier alpha value is -3.02. The van der Waals surface area contributed by atoms with E-state index in [-0.39, 0.29) is 23.7 Å². The van der Waals surface area contributed by atoms with E-state index in [9.17, 15) is 9.59 Å². The highest BCUT2D eigenvalue weighted by molar-refractivity contribution is 6.00. The van der Waals surface area contributed by atoms with Gasteiger partial charge in [0.15, 0.2) is 0 Å². The molecule has 1 saturated carbocycles. The number of hydrogen-bond acceptors (Lipinski definition) is 4. The van der Waals surface area contributed by atoms with Crippen LogP contribution in [-0.2, 0) is 16.1 Å². The Balaban J connectivity index is 1.53. The molecule has 1 aliphatic carbocycles. The van der Waals surface area contributed by atoms with Gasteiger partial charge in [0.2, 0.25) is 11.8 Å². The lowest BCUT2D eigenvalue weighted by Crippen LogP contribution is -2.27. The second kappa shape index (κ2) is 8.58. The number of amides is 2. The van der Waals surface area contributed by atoms with E-state index in [4.69, 9.17) is 9.47 Å². The molecule has 2 N–H and O–H groups in total. The summed E-state index contributed by atoms with van der Waals surface area (Å²) in [5, 5.41) is 5.76. The van der Waals surface area contributed by atoms with E-state index < -0.39 is 0 Å². The number of ether oxygens (including phenoxy) is 2. The van der Waals surface area contributed by atoms with Crippen molar-refractivity contribution in [1.29, 1.82) is 0 Å². The van der Waals surface area contributed by atoms with Crippen molar-refractivity contribution in [3.8, 4) is 11.5 Å². The van der Waals surface area contributed by atoms with Gasteiger partial charge in [-0.25, -0.2) is 0 Å². The maximum atomic E-state index is 12.5. The summed E-state index contributed by atoms with van der Waals surface area (Å²) in [5.41, 5.74) is 1.53. The maximum absolute atomic E-state index is 12.5. The second-order valence-corrected chi connectivity index (χ2v) is 6.40. The molecule has 0 aromatic heterocycles. The Morgan fingerprint density at radius 2 is 1.67 bits per heavy atom. The van der Waals surface area contributed by atoms with Gasteiger partial charge >= 0.3 is 0 Å². The first-order chi connectivity index (χ1) is 13.1. The van der Waals surface area contributed by atoms with Gasteiger partial charge < -0.3 is 20.1 Å². The molecule has 1 aliphatic rings. The highest BCUT2D eigenvalue weighted by atomic mass is 16.5. The number of benzene rings is 2. The van der Waals surface area contributed by atoms with Crippen LogP contribution >= 0.6 is 0 Å². The molecule has 0 bridgehead atoms. The van der Waals surface area contributed by atoms with Crippen molar-refractivity contribution >= 4 is 17.5 Å². The molecule has 27 heavy (non-hydrogen) atoms. The van der Waals surface area contributed by atoms with Crippen LogP contribution < -0.4 is 20.1 Å². The molecule has 0 saturated heterocycles. The van der Waals surface area contributed by atoms with Gasteiger partial charge in [0.25, 0.3) is 0 Å². The van der Waals surface area contributed by atoms with Crippen molar-refractivity contribution in [3.05, 3.63) is 54.1 Å². The Bertz CT molecular complexity index is 821. The Morgan fingerprint density at radius 3 is 2.41 bits per heavy atom. The van der Waals surface area contributed by atoms with Crippen molar-refractivity contribution < 1.29 is 19.1 Å². The van der Waals surface area contributed by atoms with Crippen LogP contribution in [0.15, 0.2) is 48.5 Å². The molecule has 142 valence electrons. The summed E-state index contributed by atoms with van der Waals surface area (Å²) in [4.78, 5) is 24.8. The normalized spacial score (nSPS) is 17.7. The van der Waals surface area contributed by atoms with Gasteiger partial charge in [0.05, 0.1) is 31.2 Å². The predicted octanol–water partition coefficient (Wildman–Crippen LogP) is 2.98. The third kappa shape index (κ3) is 4.58. The Morgan fingerprint density at radius 1 is 1.00 bits per heavy atom. The molecule has 0 heterocycles. The van der Waals surface area contributed by atoms with Crippen LogP contribution in [0.5, 0.6) is 11.5 Å². The average Bonchev–Trinajstić information content (AvgIpc) is 3.49. The summed E-state index contributed by atoms with van der Waals surface area (Å²) in [5.74, 6) is 0.497. The quantitative estimate of drug-likeness (QED) is 0.751. The van der Waals surface area contributed by atoms with Crippen LogP contribution in [0.2, 0.25) is 0 Å². The van der Waals surface area contributed by atoms with E-state index in [1.54, 1.807) is 13.2 Å². The fourth-order valence-electron chi connectivity index (χ4n) is 3.01. The molecular formula is C21H24N2O4. The number of carbonyl (C=O) groups is 2. The zero-order valence-electron chi connectivity index (χ0n) is 15.5. The van der Waals surface area contributed by atoms with Crippen LogP contribution in [0.3, 0.4) is 0 Å². The number of para-hydroxylation sites is 3. The lowest BCUT2D eigenvalue weighted by atomic mass is 10.2. The lowest BCUT2D eigenvalue weighted by molar-refractivity contribution is -0.125. The van der Waals surface area contributed by atoms with E-state index in [1.807, 2.05) is 49.4 Å². The first-order valence-corrected chi connectivity index (χ1v) is 9.06. The topological polar surface area (TPSA) is 76.7 Å². The van der Waals surface area contributed by atoms with E-state index >= 15 is 0 Å². The number of nitrogens with one attached hydrogen (secondary N) is 2. The second-order valence-electron chi connectivity index (χ2n) is 6.40. The SMILES string of the molecule is CCOc1ccccc1NC(=O)C1CC1C(=O)NCc1ccccc1OC. The summed E-state index contributed by atoms with van der Waals surface area (Å²) in [6.45, 7) is 2.78. The Kier molecular flexibility index (Phi) is 5.96. The molecule has 0 aliphatic heterocycles. The lowest BCUT2D eigenvalue weighted by Gasteiger charge is -2.11. The molecular weight excluding hydrogens is 344 g/mol. The number of anilines is 1. The minimum atomic E-state index is -0.308. The van der Waals surface area contributed by atoms with Gasteiger partial charge in [0.1, 0.15) is 11.5 Å². The molecule has 6 heteroatoms. The first-order valence-electron chi connectivity index (χ1n) is 9.06. The van der Waals surface area contributed by atoms with Crippen molar-refractivity contribution in [2.75, 3.05) is 19.0 Å².